The third-order valence-electron chi connectivity index (χ3n) is 3.85. The number of aryl methyl sites for hydroxylation is 2. The molecule has 0 bridgehead atoms. The Morgan fingerprint density at radius 1 is 1.21 bits per heavy atom. The summed E-state index contributed by atoms with van der Waals surface area (Å²) in [5.74, 6) is 0.586. The minimum absolute atomic E-state index is 0.296. The van der Waals surface area contributed by atoms with Gasteiger partial charge in [-0.2, -0.15) is 0 Å². The molecule has 1 aromatic carbocycles. The number of aliphatic hydroxyl groups excluding tert-OH is 1. The van der Waals surface area contributed by atoms with Crippen LogP contribution < -0.4 is 5.32 Å². The van der Waals surface area contributed by atoms with Gasteiger partial charge in [0, 0.05) is 12.6 Å². The van der Waals surface area contributed by atoms with Gasteiger partial charge in [-0.3, -0.25) is 0 Å². The second-order valence-corrected chi connectivity index (χ2v) is 5.66. The van der Waals surface area contributed by atoms with Crippen LogP contribution in [-0.4, -0.2) is 18.3 Å². The first-order chi connectivity index (χ1) is 9.08. The monoisotopic (exact) mass is 263 g/mol. The maximum atomic E-state index is 9.10. The van der Waals surface area contributed by atoms with E-state index in [1.54, 1.807) is 0 Å². The highest BCUT2D eigenvalue weighted by Crippen LogP contribution is 2.20. The number of aliphatic hydroxyl groups is 1. The van der Waals surface area contributed by atoms with Gasteiger partial charge in [-0.05, 0) is 57.2 Å². The van der Waals surface area contributed by atoms with Gasteiger partial charge in [0.2, 0.25) is 0 Å². The molecule has 0 aromatic heterocycles. The molecule has 2 atom stereocenters. The van der Waals surface area contributed by atoms with E-state index in [1.165, 1.54) is 29.5 Å². The van der Waals surface area contributed by atoms with E-state index in [0.29, 0.717) is 18.6 Å². The van der Waals surface area contributed by atoms with E-state index in [0.717, 1.165) is 13.0 Å². The highest BCUT2D eigenvalue weighted by Gasteiger charge is 2.12. The Morgan fingerprint density at radius 2 is 1.95 bits per heavy atom. The number of nitrogens with one attached hydrogen (secondary N) is 1. The summed E-state index contributed by atoms with van der Waals surface area (Å²) < 4.78 is 0. The summed E-state index contributed by atoms with van der Waals surface area (Å²) in [5, 5.41) is 12.7. The fourth-order valence-electron chi connectivity index (χ4n) is 2.62. The summed E-state index contributed by atoms with van der Waals surface area (Å²) in [4.78, 5) is 0. The highest BCUT2D eigenvalue weighted by atomic mass is 16.3. The van der Waals surface area contributed by atoms with Crippen molar-refractivity contribution in [2.75, 3.05) is 13.2 Å². The summed E-state index contributed by atoms with van der Waals surface area (Å²) in [6.07, 6.45) is 3.28. The van der Waals surface area contributed by atoms with Crippen LogP contribution in [0.1, 0.15) is 55.8 Å². The molecule has 0 aliphatic carbocycles. The SMILES string of the molecule is CCCC(CCO)CNC(C)c1cc(C)ccc1C. The molecule has 1 aromatic rings. The Morgan fingerprint density at radius 3 is 2.58 bits per heavy atom. The molecule has 0 radical (unpaired) electrons. The lowest BCUT2D eigenvalue weighted by atomic mass is 9.97. The number of rotatable bonds is 8. The van der Waals surface area contributed by atoms with E-state index in [-0.39, 0.29) is 0 Å². The first-order valence-electron chi connectivity index (χ1n) is 7.49. The normalized spacial score (nSPS) is 14.4. The molecule has 0 spiro atoms. The van der Waals surface area contributed by atoms with Gasteiger partial charge in [-0.25, -0.2) is 0 Å². The molecule has 0 aliphatic rings. The van der Waals surface area contributed by atoms with Crippen molar-refractivity contribution in [3.63, 3.8) is 0 Å². The zero-order chi connectivity index (χ0) is 14.3. The fraction of sp³-hybridized carbons (Fsp3) is 0.647. The van der Waals surface area contributed by atoms with Crippen molar-refractivity contribution in [1.29, 1.82) is 0 Å². The van der Waals surface area contributed by atoms with Crippen molar-refractivity contribution >= 4 is 0 Å². The first kappa shape index (κ1) is 16.2. The molecule has 2 N–H and O–H groups in total. The molecule has 19 heavy (non-hydrogen) atoms. The van der Waals surface area contributed by atoms with Crippen molar-refractivity contribution < 1.29 is 5.11 Å². The summed E-state index contributed by atoms with van der Waals surface area (Å²) in [7, 11) is 0. The second-order valence-electron chi connectivity index (χ2n) is 5.66. The summed E-state index contributed by atoms with van der Waals surface area (Å²) in [6.45, 7) is 10.0. The first-order valence-corrected chi connectivity index (χ1v) is 7.49. The fourth-order valence-corrected chi connectivity index (χ4v) is 2.62. The number of hydrogen-bond acceptors (Lipinski definition) is 2. The Kier molecular flexibility index (Phi) is 7.11. The Bertz CT molecular complexity index is 370. The van der Waals surface area contributed by atoms with Crippen LogP contribution in [0.2, 0.25) is 0 Å². The third-order valence-corrected chi connectivity index (χ3v) is 3.85. The van der Waals surface area contributed by atoms with Crippen LogP contribution in [0.15, 0.2) is 18.2 Å². The predicted molar refractivity (Wildman–Crippen MR) is 82.4 cm³/mol. The molecule has 1 rings (SSSR count). The Hall–Kier alpha value is -0.860. The molecule has 2 nitrogen and oxygen atoms in total. The molecule has 0 heterocycles. The smallest absolute Gasteiger partial charge is 0.0434 e. The minimum atomic E-state index is 0.296. The molecular weight excluding hydrogens is 234 g/mol. The number of hydrogen-bond donors (Lipinski definition) is 2. The highest BCUT2D eigenvalue weighted by molar-refractivity contribution is 5.32. The molecule has 2 unspecified atom stereocenters. The van der Waals surface area contributed by atoms with Gasteiger partial charge in [0.1, 0.15) is 0 Å². The van der Waals surface area contributed by atoms with Crippen molar-refractivity contribution in [1.82, 2.24) is 5.32 Å². The summed E-state index contributed by atoms with van der Waals surface area (Å²) in [5.41, 5.74) is 4.05. The van der Waals surface area contributed by atoms with Crippen LogP contribution in [0.4, 0.5) is 0 Å². The molecule has 0 saturated heterocycles. The van der Waals surface area contributed by atoms with E-state index in [2.05, 4.69) is 51.2 Å². The van der Waals surface area contributed by atoms with Crippen LogP contribution in [0.5, 0.6) is 0 Å². The van der Waals surface area contributed by atoms with Crippen molar-refractivity contribution in [3.8, 4) is 0 Å². The van der Waals surface area contributed by atoms with Gasteiger partial charge in [0.25, 0.3) is 0 Å². The van der Waals surface area contributed by atoms with Gasteiger partial charge >= 0.3 is 0 Å². The lowest BCUT2D eigenvalue weighted by Gasteiger charge is -2.21. The Balaban J connectivity index is 2.58. The zero-order valence-electron chi connectivity index (χ0n) is 12.9. The average Bonchev–Trinajstić information content (AvgIpc) is 2.39. The lowest BCUT2D eigenvalue weighted by Crippen LogP contribution is -2.27. The molecule has 0 aliphatic heterocycles. The van der Waals surface area contributed by atoms with Gasteiger partial charge < -0.3 is 10.4 Å². The molecule has 2 heteroatoms. The van der Waals surface area contributed by atoms with E-state index in [1.807, 2.05) is 0 Å². The zero-order valence-corrected chi connectivity index (χ0v) is 12.9. The maximum absolute atomic E-state index is 9.10. The minimum Gasteiger partial charge on any atom is -0.396 e. The quantitative estimate of drug-likeness (QED) is 0.748. The maximum Gasteiger partial charge on any atom is 0.0434 e. The standard InChI is InChI=1S/C17H29NO/c1-5-6-16(9-10-19)12-18-15(4)17-11-13(2)7-8-14(17)3/h7-8,11,15-16,18-19H,5-6,9-10,12H2,1-4H3. The Labute approximate surface area is 118 Å². The van der Waals surface area contributed by atoms with Crippen LogP contribution in [-0.2, 0) is 0 Å². The molecule has 108 valence electrons. The van der Waals surface area contributed by atoms with Gasteiger partial charge in [0.05, 0.1) is 0 Å². The van der Waals surface area contributed by atoms with Gasteiger partial charge in [-0.15, -0.1) is 0 Å². The molecule has 0 saturated carbocycles. The summed E-state index contributed by atoms with van der Waals surface area (Å²) in [6, 6.07) is 7.00. The van der Waals surface area contributed by atoms with Crippen molar-refractivity contribution in [3.05, 3.63) is 34.9 Å². The lowest BCUT2D eigenvalue weighted by molar-refractivity contribution is 0.245. The van der Waals surface area contributed by atoms with E-state index < -0.39 is 0 Å². The third kappa shape index (κ3) is 5.33. The average molecular weight is 263 g/mol. The van der Waals surface area contributed by atoms with Crippen molar-refractivity contribution in [2.45, 2.75) is 53.0 Å². The van der Waals surface area contributed by atoms with E-state index in [4.69, 9.17) is 5.11 Å². The van der Waals surface area contributed by atoms with Crippen molar-refractivity contribution in [2.24, 2.45) is 5.92 Å². The van der Waals surface area contributed by atoms with Crippen LogP contribution >= 0.6 is 0 Å². The van der Waals surface area contributed by atoms with E-state index >= 15 is 0 Å². The van der Waals surface area contributed by atoms with E-state index in [9.17, 15) is 0 Å². The topological polar surface area (TPSA) is 32.3 Å². The van der Waals surface area contributed by atoms with Crippen LogP contribution in [0, 0.1) is 19.8 Å². The largest absolute Gasteiger partial charge is 0.396 e. The predicted octanol–water partition coefficient (Wildman–Crippen LogP) is 3.75. The molecular formula is C17H29NO. The molecule has 0 fully saturated rings. The van der Waals surface area contributed by atoms with Gasteiger partial charge in [-0.1, -0.05) is 37.1 Å². The molecule has 0 amide bonds. The second kappa shape index (κ2) is 8.34. The van der Waals surface area contributed by atoms with Crippen LogP contribution in [0.3, 0.4) is 0 Å². The summed E-state index contributed by atoms with van der Waals surface area (Å²) >= 11 is 0. The number of benzene rings is 1. The van der Waals surface area contributed by atoms with Crippen LogP contribution in [0.25, 0.3) is 0 Å². The van der Waals surface area contributed by atoms with Gasteiger partial charge in [0.15, 0.2) is 0 Å².